The van der Waals surface area contributed by atoms with E-state index < -0.39 is 0 Å². The Morgan fingerprint density at radius 1 is 1.06 bits per heavy atom. The Bertz CT molecular complexity index is 432. The Kier molecular flexibility index (Phi) is 4.15. The number of methoxy groups -OCH3 is 1. The number of aliphatic hydroxyl groups excluding tert-OH is 1. The number of rotatable bonds is 5. The van der Waals surface area contributed by atoms with Gasteiger partial charge in [-0.05, 0) is 29.3 Å². The summed E-state index contributed by atoms with van der Waals surface area (Å²) in [5.74, 6) is 1.37. The third kappa shape index (κ3) is 3.21. The Morgan fingerprint density at radius 3 is 2.33 bits per heavy atom. The summed E-state index contributed by atoms with van der Waals surface area (Å²) in [5, 5.41) is 8.89. The van der Waals surface area contributed by atoms with Gasteiger partial charge in [0.05, 0.1) is 13.7 Å². The van der Waals surface area contributed by atoms with Crippen LogP contribution < -0.4 is 9.47 Å². The fourth-order valence-electron chi connectivity index (χ4n) is 1.47. The molecule has 18 heavy (non-hydrogen) atoms. The van der Waals surface area contributed by atoms with Gasteiger partial charge in [-0.2, -0.15) is 0 Å². The third-order valence-electron chi connectivity index (χ3n) is 2.53. The van der Waals surface area contributed by atoms with Gasteiger partial charge in [-0.25, -0.2) is 4.98 Å². The van der Waals surface area contributed by atoms with Crippen LogP contribution in [0.5, 0.6) is 11.6 Å². The van der Waals surface area contributed by atoms with Crippen molar-refractivity contribution in [2.45, 2.75) is 13.2 Å². The second-order valence-corrected chi connectivity index (χ2v) is 3.80. The lowest BCUT2D eigenvalue weighted by Gasteiger charge is -2.06. The van der Waals surface area contributed by atoms with E-state index in [9.17, 15) is 0 Å². The molecule has 1 aromatic heterocycles. The zero-order valence-electron chi connectivity index (χ0n) is 10.2. The van der Waals surface area contributed by atoms with Gasteiger partial charge in [0.15, 0.2) is 0 Å². The molecular formula is C14H15NO3. The summed E-state index contributed by atoms with van der Waals surface area (Å²) in [6, 6.07) is 11.2. The molecule has 94 valence electrons. The number of aromatic nitrogens is 1. The van der Waals surface area contributed by atoms with E-state index in [2.05, 4.69) is 4.98 Å². The molecule has 0 fully saturated rings. The largest absolute Gasteiger partial charge is 0.497 e. The molecule has 0 amide bonds. The predicted molar refractivity (Wildman–Crippen MR) is 67.5 cm³/mol. The maximum atomic E-state index is 8.89. The molecule has 4 heteroatoms. The number of hydrogen-bond donors (Lipinski definition) is 1. The quantitative estimate of drug-likeness (QED) is 0.877. The SMILES string of the molecule is COc1ccc(COc2ccc(CO)cn2)cc1. The van der Waals surface area contributed by atoms with Crippen LogP contribution in [-0.2, 0) is 13.2 Å². The van der Waals surface area contributed by atoms with Crippen LogP contribution in [0.3, 0.4) is 0 Å². The first kappa shape index (κ1) is 12.4. The van der Waals surface area contributed by atoms with E-state index in [-0.39, 0.29) is 6.61 Å². The Balaban J connectivity index is 1.93. The molecule has 1 aromatic carbocycles. The summed E-state index contributed by atoms with van der Waals surface area (Å²) in [5.41, 5.74) is 1.82. The highest BCUT2D eigenvalue weighted by molar-refractivity contribution is 5.27. The highest BCUT2D eigenvalue weighted by Crippen LogP contribution is 2.14. The molecule has 0 radical (unpaired) electrons. The first-order valence-electron chi connectivity index (χ1n) is 5.63. The molecule has 0 bridgehead atoms. The minimum absolute atomic E-state index is 0.00817. The van der Waals surface area contributed by atoms with Gasteiger partial charge < -0.3 is 14.6 Å². The van der Waals surface area contributed by atoms with Gasteiger partial charge in [0.2, 0.25) is 5.88 Å². The van der Waals surface area contributed by atoms with Crippen LogP contribution in [0.1, 0.15) is 11.1 Å². The highest BCUT2D eigenvalue weighted by Gasteiger charge is 1.98. The summed E-state index contributed by atoms with van der Waals surface area (Å²) in [6.07, 6.45) is 1.60. The lowest BCUT2D eigenvalue weighted by Crippen LogP contribution is -1.97. The topological polar surface area (TPSA) is 51.6 Å². The molecule has 0 aliphatic heterocycles. The molecule has 1 N–H and O–H groups in total. The number of nitrogens with zero attached hydrogens (tertiary/aromatic N) is 1. The molecule has 0 spiro atoms. The zero-order valence-corrected chi connectivity index (χ0v) is 10.2. The van der Waals surface area contributed by atoms with Crippen LogP contribution in [0, 0.1) is 0 Å². The van der Waals surface area contributed by atoms with Crippen molar-refractivity contribution in [2.24, 2.45) is 0 Å². The molecule has 0 unspecified atom stereocenters. The lowest BCUT2D eigenvalue weighted by molar-refractivity contribution is 0.278. The Morgan fingerprint density at radius 2 is 1.78 bits per heavy atom. The van der Waals surface area contributed by atoms with E-state index in [0.717, 1.165) is 16.9 Å². The van der Waals surface area contributed by atoms with Gasteiger partial charge in [-0.3, -0.25) is 0 Å². The first-order chi connectivity index (χ1) is 8.81. The summed E-state index contributed by atoms with van der Waals surface area (Å²) < 4.78 is 10.6. The van der Waals surface area contributed by atoms with Crippen LogP contribution in [0.15, 0.2) is 42.6 Å². The van der Waals surface area contributed by atoms with Gasteiger partial charge in [0.1, 0.15) is 12.4 Å². The average molecular weight is 245 g/mol. The number of benzene rings is 1. The first-order valence-corrected chi connectivity index (χ1v) is 5.63. The molecule has 2 aromatic rings. The zero-order chi connectivity index (χ0) is 12.8. The van der Waals surface area contributed by atoms with E-state index in [1.54, 1.807) is 25.4 Å². The molecule has 0 aliphatic rings. The van der Waals surface area contributed by atoms with Gasteiger partial charge in [0, 0.05) is 12.3 Å². The number of pyridine rings is 1. The number of aliphatic hydroxyl groups is 1. The van der Waals surface area contributed by atoms with Crippen molar-refractivity contribution in [1.82, 2.24) is 4.98 Å². The van der Waals surface area contributed by atoms with E-state index in [0.29, 0.717) is 12.5 Å². The highest BCUT2D eigenvalue weighted by atomic mass is 16.5. The minimum atomic E-state index is -0.00817. The average Bonchev–Trinajstić information content (AvgIpc) is 2.46. The van der Waals surface area contributed by atoms with E-state index >= 15 is 0 Å². The third-order valence-corrected chi connectivity index (χ3v) is 2.53. The number of hydrogen-bond acceptors (Lipinski definition) is 4. The van der Waals surface area contributed by atoms with E-state index in [4.69, 9.17) is 14.6 Å². The van der Waals surface area contributed by atoms with Crippen LogP contribution in [-0.4, -0.2) is 17.2 Å². The fraction of sp³-hybridized carbons (Fsp3) is 0.214. The van der Waals surface area contributed by atoms with E-state index in [1.807, 2.05) is 24.3 Å². The maximum absolute atomic E-state index is 8.89. The lowest BCUT2D eigenvalue weighted by atomic mass is 10.2. The molecule has 0 saturated carbocycles. The van der Waals surface area contributed by atoms with Crippen LogP contribution in [0.2, 0.25) is 0 Å². The molecule has 0 saturated heterocycles. The van der Waals surface area contributed by atoms with Gasteiger partial charge >= 0.3 is 0 Å². The second kappa shape index (κ2) is 6.02. The van der Waals surface area contributed by atoms with Crippen molar-refractivity contribution in [3.63, 3.8) is 0 Å². The van der Waals surface area contributed by atoms with Crippen LogP contribution in [0.4, 0.5) is 0 Å². The number of ether oxygens (including phenoxy) is 2. The van der Waals surface area contributed by atoms with E-state index in [1.165, 1.54) is 0 Å². The maximum Gasteiger partial charge on any atom is 0.213 e. The molecule has 0 aliphatic carbocycles. The van der Waals surface area contributed by atoms with Crippen molar-refractivity contribution in [3.8, 4) is 11.6 Å². The van der Waals surface area contributed by atoms with Gasteiger partial charge in [-0.1, -0.05) is 12.1 Å². The minimum Gasteiger partial charge on any atom is -0.497 e. The van der Waals surface area contributed by atoms with Gasteiger partial charge in [-0.15, -0.1) is 0 Å². The van der Waals surface area contributed by atoms with Crippen molar-refractivity contribution >= 4 is 0 Å². The monoisotopic (exact) mass is 245 g/mol. The van der Waals surface area contributed by atoms with Crippen molar-refractivity contribution in [3.05, 3.63) is 53.7 Å². The van der Waals surface area contributed by atoms with Crippen molar-refractivity contribution < 1.29 is 14.6 Å². The molecular weight excluding hydrogens is 230 g/mol. The Labute approximate surface area is 106 Å². The Hall–Kier alpha value is -2.07. The summed E-state index contributed by atoms with van der Waals surface area (Å²) in [4.78, 5) is 4.09. The van der Waals surface area contributed by atoms with Gasteiger partial charge in [0.25, 0.3) is 0 Å². The second-order valence-electron chi connectivity index (χ2n) is 3.80. The summed E-state index contributed by atoms with van der Waals surface area (Å²) >= 11 is 0. The molecule has 0 atom stereocenters. The van der Waals surface area contributed by atoms with Crippen molar-refractivity contribution in [2.75, 3.05) is 7.11 Å². The molecule has 2 rings (SSSR count). The van der Waals surface area contributed by atoms with Crippen molar-refractivity contribution in [1.29, 1.82) is 0 Å². The van der Waals surface area contributed by atoms with Crippen LogP contribution in [0.25, 0.3) is 0 Å². The molecule has 4 nitrogen and oxygen atoms in total. The van der Waals surface area contributed by atoms with Crippen LogP contribution >= 0.6 is 0 Å². The fourth-order valence-corrected chi connectivity index (χ4v) is 1.47. The smallest absolute Gasteiger partial charge is 0.213 e. The summed E-state index contributed by atoms with van der Waals surface area (Å²) in [7, 11) is 1.64. The molecule has 1 heterocycles. The predicted octanol–water partition coefficient (Wildman–Crippen LogP) is 2.16. The summed E-state index contributed by atoms with van der Waals surface area (Å²) in [6.45, 7) is 0.446. The normalized spacial score (nSPS) is 10.1. The standard InChI is InChI=1S/C14H15NO3/c1-17-13-5-2-11(3-6-13)10-18-14-7-4-12(9-16)8-15-14/h2-8,16H,9-10H2,1H3.